The molecule has 114 valence electrons. The van der Waals surface area contributed by atoms with Crippen molar-refractivity contribution in [3.8, 4) is 0 Å². The van der Waals surface area contributed by atoms with E-state index in [2.05, 4.69) is 4.98 Å². The molecule has 0 spiro atoms. The van der Waals surface area contributed by atoms with E-state index in [1.807, 2.05) is 30.3 Å². The van der Waals surface area contributed by atoms with Gasteiger partial charge in [0.15, 0.2) is 5.78 Å². The lowest BCUT2D eigenvalue weighted by molar-refractivity contribution is 0.106. The minimum atomic E-state index is -0.237. The monoisotopic (exact) mass is 341 g/mol. The molecule has 0 atom stereocenters. The number of Topliss-reactive ketones (excluding diaryl/α,β-unsaturated/α-hetero) is 1. The summed E-state index contributed by atoms with van der Waals surface area (Å²) in [6.45, 7) is 0. The summed E-state index contributed by atoms with van der Waals surface area (Å²) >= 11 is 7.25. The van der Waals surface area contributed by atoms with Crippen molar-refractivity contribution >= 4 is 40.9 Å². The van der Waals surface area contributed by atoms with Crippen LogP contribution in [-0.2, 0) is 0 Å². The molecule has 1 N–H and O–H groups in total. The van der Waals surface area contributed by atoms with Crippen molar-refractivity contribution in [1.29, 1.82) is 0 Å². The molecule has 0 radical (unpaired) electrons. The van der Waals surface area contributed by atoms with Crippen LogP contribution >= 0.6 is 22.9 Å². The molecular formula is C18H12ClNO2S. The highest BCUT2D eigenvalue weighted by Crippen LogP contribution is 2.15. The SMILES string of the molecule is O=C(/C=c1\[nH]c(=O)/c(=C\c2ccccc2)s1)c1ccccc1Cl. The van der Waals surface area contributed by atoms with E-state index in [0.717, 1.165) is 5.56 Å². The van der Waals surface area contributed by atoms with Crippen molar-refractivity contribution in [1.82, 2.24) is 4.98 Å². The van der Waals surface area contributed by atoms with Crippen molar-refractivity contribution in [3.63, 3.8) is 0 Å². The molecule has 23 heavy (non-hydrogen) atoms. The number of carbonyl (C=O) groups excluding carboxylic acids is 1. The van der Waals surface area contributed by atoms with E-state index in [1.54, 1.807) is 30.3 Å². The van der Waals surface area contributed by atoms with Crippen molar-refractivity contribution < 1.29 is 4.79 Å². The van der Waals surface area contributed by atoms with Gasteiger partial charge in [-0.3, -0.25) is 9.59 Å². The standard InChI is InChI=1S/C18H12ClNO2S/c19-14-9-5-4-8-13(14)15(21)11-17-20-18(22)16(23-17)10-12-6-2-1-3-7-12/h1-11H,(H,20,22)/b16-10+,17-11+. The molecule has 3 rings (SSSR count). The highest BCUT2D eigenvalue weighted by molar-refractivity contribution is 7.07. The summed E-state index contributed by atoms with van der Waals surface area (Å²) in [6, 6.07) is 16.4. The number of H-pyrrole nitrogens is 1. The first kappa shape index (κ1) is 15.5. The van der Waals surface area contributed by atoms with E-state index in [9.17, 15) is 9.59 Å². The molecule has 3 aromatic rings. The topological polar surface area (TPSA) is 49.9 Å². The minimum absolute atomic E-state index is 0.211. The number of benzene rings is 2. The Balaban J connectivity index is 2.01. The number of hydrogen-bond donors (Lipinski definition) is 1. The Morgan fingerprint density at radius 2 is 1.74 bits per heavy atom. The zero-order valence-electron chi connectivity index (χ0n) is 12.0. The molecule has 1 heterocycles. The first-order valence-corrected chi connectivity index (χ1v) is 8.09. The normalized spacial score (nSPS) is 12.6. The van der Waals surface area contributed by atoms with Gasteiger partial charge in [0.2, 0.25) is 0 Å². The Morgan fingerprint density at radius 1 is 1.04 bits per heavy atom. The zero-order chi connectivity index (χ0) is 16.2. The van der Waals surface area contributed by atoms with Crippen LogP contribution in [0.2, 0.25) is 5.02 Å². The number of hydrogen-bond acceptors (Lipinski definition) is 3. The fraction of sp³-hybridized carbons (Fsp3) is 0. The fourth-order valence-corrected chi connectivity index (χ4v) is 3.20. The van der Waals surface area contributed by atoms with Crippen LogP contribution in [0.4, 0.5) is 0 Å². The van der Waals surface area contributed by atoms with Crippen LogP contribution in [0.15, 0.2) is 59.4 Å². The average molecular weight is 342 g/mol. The van der Waals surface area contributed by atoms with E-state index in [0.29, 0.717) is 19.8 Å². The third kappa shape index (κ3) is 3.67. The van der Waals surface area contributed by atoms with Crippen LogP contribution in [0.25, 0.3) is 12.2 Å². The average Bonchev–Trinajstić information content (AvgIpc) is 2.88. The van der Waals surface area contributed by atoms with E-state index >= 15 is 0 Å². The molecular weight excluding hydrogens is 330 g/mol. The third-order valence-corrected chi connectivity index (χ3v) is 4.47. The first-order valence-electron chi connectivity index (χ1n) is 6.90. The van der Waals surface area contributed by atoms with Gasteiger partial charge in [-0.2, -0.15) is 0 Å². The zero-order valence-corrected chi connectivity index (χ0v) is 13.5. The summed E-state index contributed by atoms with van der Waals surface area (Å²) < 4.78 is 1.05. The Kier molecular flexibility index (Phi) is 4.55. The number of aromatic nitrogens is 1. The second-order valence-electron chi connectivity index (χ2n) is 4.83. The summed E-state index contributed by atoms with van der Waals surface area (Å²) in [5.41, 5.74) is 1.14. The van der Waals surface area contributed by atoms with Gasteiger partial charge in [-0.05, 0) is 23.8 Å². The van der Waals surface area contributed by atoms with Crippen molar-refractivity contribution in [3.05, 3.63) is 90.3 Å². The maximum absolute atomic E-state index is 12.2. The predicted molar refractivity (Wildman–Crippen MR) is 94.4 cm³/mol. The summed E-state index contributed by atoms with van der Waals surface area (Å²) in [4.78, 5) is 26.9. The maximum atomic E-state index is 12.2. The molecule has 0 saturated heterocycles. The molecule has 0 unspecified atom stereocenters. The number of rotatable bonds is 3. The van der Waals surface area contributed by atoms with Gasteiger partial charge < -0.3 is 4.98 Å². The van der Waals surface area contributed by atoms with Crippen LogP contribution < -0.4 is 14.8 Å². The largest absolute Gasteiger partial charge is 0.313 e. The molecule has 0 aliphatic rings. The summed E-state index contributed by atoms with van der Waals surface area (Å²) in [6.07, 6.45) is 3.19. The van der Waals surface area contributed by atoms with E-state index < -0.39 is 0 Å². The maximum Gasteiger partial charge on any atom is 0.266 e. The van der Waals surface area contributed by atoms with Crippen LogP contribution in [0.1, 0.15) is 15.9 Å². The lowest BCUT2D eigenvalue weighted by Crippen LogP contribution is -2.19. The molecule has 1 aromatic heterocycles. The summed E-state index contributed by atoms with van der Waals surface area (Å²) in [7, 11) is 0. The van der Waals surface area contributed by atoms with E-state index in [-0.39, 0.29) is 11.3 Å². The lowest BCUT2D eigenvalue weighted by atomic mass is 10.1. The van der Waals surface area contributed by atoms with Gasteiger partial charge in [-0.15, -0.1) is 11.3 Å². The molecule has 0 amide bonds. The Labute approximate surface area is 141 Å². The quantitative estimate of drug-likeness (QED) is 0.744. The molecule has 0 aliphatic heterocycles. The van der Waals surface area contributed by atoms with Gasteiger partial charge in [0, 0.05) is 11.6 Å². The smallest absolute Gasteiger partial charge is 0.266 e. The minimum Gasteiger partial charge on any atom is -0.313 e. The second kappa shape index (κ2) is 6.77. The molecule has 0 aliphatic carbocycles. The Hall–Kier alpha value is -2.43. The highest BCUT2D eigenvalue weighted by Gasteiger charge is 2.07. The fourth-order valence-electron chi connectivity index (χ4n) is 2.08. The van der Waals surface area contributed by atoms with Gasteiger partial charge in [-0.25, -0.2) is 0 Å². The molecule has 0 bridgehead atoms. The van der Waals surface area contributed by atoms with Gasteiger partial charge in [0.25, 0.3) is 5.56 Å². The summed E-state index contributed by atoms with van der Waals surface area (Å²) in [5, 5.41) is 0.392. The van der Waals surface area contributed by atoms with Gasteiger partial charge in [0.05, 0.1) is 14.2 Å². The number of aromatic amines is 1. The Bertz CT molecular complexity index is 1020. The first-order chi connectivity index (χ1) is 11.1. The van der Waals surface area contributed by atoms with Crippen molar-refractivity contribution in [2.45, 2.75) is 0 Å². The third-order valence-electron chi connectivity index (χ3n) is 3.18. The summed E-state index contributed by atoms with van der Waals surface area (Å²) in [5.74, 6) is -0.237. The van der Waals surface area contributed by atoms with E-state index in [1.165, 1.54) is 17.4 Å². The molecule has 3 nitrogen and oxygen atoms in total. The van der Waals surface area contributed by atoms with E-state index in [4.69, 9.17) is 11.6 Å². The molecule has 5 heteroatoms. The van der Waals surface area contributed by atoms with Crippen LogP contribution in [0, 0.1) is 0 Å². The van der Waals surface area contributed by atoms with Crippen LogP contribution in [-0.4, -0.2) is 10.8 Å². The number of ketones is 1. The highest BCUT2D eigenvalue weighted by atomic mass is 35.5. The van der Waals surface area contributed by atoms with Crippen molar-refractivity contribution in [2.24, 2.45) is 0 Å². The Morgan fingerprint density at radius 3 is 2.48 bits per heavy atom. The molecule has 2 aromatic carbocycles. The number of thiazole rings is 1. The number of nitrogens with one attached hydrogen (secondary N) is 1. The van der Waals surface area contributed by atoms with Gasteiger partial charge >= 0.3 is 0 Å². The van der Waals surface area contributed by atoms with Crippen LogP contribution in [0.5, 0.6) is 0 Å². The number of carbonyl (C=O) groups is 1. The molecule has 0 saturated carbocycles. The second-order valence-corrected chi connectivity index (χ2v) is 6.32. The van der Waals surface area contributed by atoms with Crippen LogP contribution in [0.3, 0.4) is 0 Å². The predicted octanol–water partition coefficient (Wildman–Crippen LogP) is 2.58. The number of halogens is 1. The van der Waals surface area contributed by atoms with Gasteiger partial charge in [0.1, 0.15) is 0 Å². The van der Waals surface area contributed by atoms with Gasteiger partial charge in [-0.1, -0.05) is 54.1 Å². The van der Waals surface area contributed by atoms with Crippen molar-refractivity contribution in [2.75, 3.05) is 0 Å². The molecule has 0 fully saturated rings. The lowest BCUT2D eigenvalue weighted by Gasteiger charge is -1.97.